The number of nitrogen functional groups attached to an aromatic ring is 1. The van der Waals surface area contributed by atoms with Crippen LogP contribution in [0.3, 0.4) is 0 Å². The summed E-state index contributed by atoms with van der Waals surface area (Å²) in [5.74, 6) is 1.48. The Labute approximate surface area is 181 Å². The summed E-state index contributed by atoms with van der Waals surface area (Å²) in [5, 5.41) is 0. The predicted molar refractivity (Wildman–Crippen MR) is 116 cm³/mol. The average Bonchev–Trinajstić information content (AvgIpc) is 2.76. The minimum atomic E-state index is 0.0139. The zero-order valence-corrected chi connectivity index (χ0v) is 18.2. The van der Waals surface area contributed by atoms with Gasteiger partial charge in [0.25, 0.3) is 0 Å². The fourth-order valence-electron chi connectivity index (χ4n) is 3.84. The van der Waals surface area contributed by atoms with Gasteiger partial charge in [0.1, 0.15) is 6.10 Å². The summed E-state index contributed by atoms with van der Waals surface area (Å²) in [6.07, 6.45) is 5.64. The van der Waals surface area contributed by atoms with Crippen LogP contribution in [0.2, 0.25) is 0 Å². The van der Waals surface area contributed by atoms with Crippen LogP contribution in [0.1, 0.15) is 32.3 Å². The van der Waals surface area contributed by atoms with E-state index in [-0.39, 0.29) is 24.0 Å². The molecular weight excluding hydrogens is 398 g/mol. The number of nitrogens with zero attached hydrogens (tertiary/aromatic N) is 6. The highest BCUT2D eigenvalue weighted by Crippen LogP contribution is 2.35. The number of nitrogens with two attached hydrogens (primary N) is 1. The van der Waals surface area contributed by atoms with Gasteiger partial charge in [-0.2, -0.15) is 4.98 Å². The monoisotopic (exact) mass is 427 g/mol. The maximum atomic E-state index is 11.6. The molecule has 2 aromatic heterocycles. The molecule has 10 nitrogen and oxygen atoms in total. The lowest BCUT2D eigenvalue weighted by atomic mass is 9.88. The minimum Gasteiger partial charge on any atom is -0.474 e. The molecule has 1 aliphatic heterocycles. The molecular formula is C21H29N7O3. The first-order chi connectivity index (χ1) is 15.0. The van der Waals surface area contributed by atoms with Gasteiger partial charge in [0.15, 0.2) is 0 Å². The van der Waals surface area contributed by atoms with Gasteiger partial charge in [-0.25, -0.2) is 15.0 Å². The van der Waals surface area contributed by atoms with Gasteiger partial charge in [-0.3, -0.25) is 4.79 Å². The minimum absolute atomic E-state index is 0.0139. The number of hydrogen-bond donors (Lipinski definition) is 1. The van der Waals surface area contributed by atoms with Gasteiger partial charge in [-0.15, -0.1) is 0 Å². The third-order valence-electron chi connectivity index (χ3n) is 5.94. The van der Waals surface area contributed by atoms with Gasteiger partial charge in [0.2, 0.25) is 23.7 Å². The van der Waals surface area contributed by atoms with Crippen LogP contribution < -0.4 is 15.4 Å². The quantitative estimate of drug-likeness (QED) is 0.727. The van der Waals surface area contributed by atoms with E-state index in [0.29, 0.717) is 31.5 Å². The molecule has 10 heteroatoms. The standard InChI is InChI=1S/C21H29N7O3/c1-4-17-18(14-11-23-20(22)24-12-14)25-21(28-5-7-30-8-6-28)26-19(17)31-16-9-15(10-16)27(3)13(2)29/h11-12,15-16H,4-10H2,1-3H3,(H2,22,23,24)/t15-,16-. The summed E-state index contributed by atoms with van der Waals surface area (Å²) >= 11 is 0. The van der Waals surface area contributed by atoms with Gasteiger partial charge in [-0.1, -0.05) is 6.92 Å². The summed E-state index contributed by atoms with van der Waals surface area (Å²) in [6.45, 7) is 6.35. The second-order valence-corrected chi connectivity index (χ2v) is 7.93. The highest BCUT2D eigenvalue weighted by atomic mass is 16.5. The van der Waals surface area contributed by atoms with E-state index >= 15 is 0 Å². The van der Waals surface area contributed by atoms with Gasteiger partial charge in [-0.05, 0) is 6.42 Å². The van der Waals surface area contributed by atoms with Crippen molar-refractivity contribution >= 4 is 17.8 Å². The summed E-state index contributed by atoms with van der Waals surface area (Å²) in [7, 11) is 1.83. The maximum absolute atomic E-state index is 11.6. The molecule has 1 amide bonds. The number of anilines is 2. The summed E-state index contributed by atoms with van der Waals surface area (Å²) in [5.41, 5.74) is 8.11. The van der Waals surface area contributed by atoms with E-state index in [0.717, 1.165) is 42.8 Å². The molecule has 1 saturated heterocycles. The third kappa shape index (κ3) is 4.53. The second-order valence-electron chi connectivity index (χ2n) is 7.93. The van der Waals surface area contributed by atoms with Crippen molar-refractivity contribution in [2.24, 2.45) is 0 Å². The molecule has 2 aliphatic rings. The molecule has 0 atom stereocenters. The highest BCUT2D eigenvalue weighted by molar-refractivity contribution is 5.73. The number of carbonyl (C=O) groups is 1. The Morgan fingerprint density at radius 2 is 1.94 bits per heavy atom. The number of hydrogen-bond acceptors (Lipinski definition) is 9. The normalized spacial score (nSPS) is 20.8. The van der Waals surface area contributed by atoms with Crippen LogP contribution in [-0.4, -0.2) is 76.2 Å². The molecule has 0 aromatic carbocycles. The number of rotatable bonds is 6. The number of morpholine rings is 1. The van der Waals surface area contributed by atoms with Crippen molar-refractivity contribution in [2.45, 2.75) is 45.3 Å². The molecule has 31 heavy (non-hydrogen) atoms. The maximum Gasteiger partial charge on any atom is 0.229 e. The van der Waals surface area contributed by atoms with Gasteiger partial charge >= 0.3 is 0 Å². The molecule has 0 spiro atoms. The first-order valence-corrected chi connectivity index (χ1v) is 10.7. The van der Waals surface area contributed by atoms with Crippen molar-refractivity contribution in [2.75, 3.05) is 44.0 Å². The van der Waals surface area contributed by atoms with Crippen LogP contribution in [0.4, 0.5) is 11.9 Å². The smallest absolute Gasteiger partial charge is 0.229 e. The fourth-order valence-corrected chi connectivity index (χ4v) is 3.84. The zero-order valence-electron chi connectivity index (χ0n) is 18.2. The van der Waals surface area contributed by atoms with Crippen LogP contribution in [0.15, 0.2) is 12.4 Å². The summed E-state index contributed by atoms with van der Waals surface area (Å²) in [6, 6.07) is 0.207. The summed E-state index contributed by atoms with van der Waals surface area (Å²) < 4.78 is 11.8. The molecule has 2 fully saturated rings. The molecule has 3 heterocycles. The average molecular weight is 428 g/mol. The SMILES string of the molecule is CCc1c(O[C@H]2C[C@H](N(C)C(C)=O)C2)nc(N2CCOCC2)nc1-c1cnc(N)nc1. The lowest BCUT2D eigenvalue weighted by Gasteiger charge is -2.40. The van der Waals surface area contributed by atoms with Crippen LogP contribution in [0.5, 0.6) is 5.88 Å². The van der Waals surface area contributed by atoms with Crippen LogP contribution in [0, 0.1) is 0 Å². The van der Waals surface area contributed by atoms with Crippen molar-refractivity contribution in [1.82, 2.24) is 24.8 Å². The molecule has 2 N–H and O–H groups in total. The molecule has 4 rings (SSSR count). The van der Waals surface area contributed by atoms with E-state index in [9.17, 15) is 4.79 Å². The van der Waals surface area contributed by atoms with E-state index in [1.807, 2.05) is 7.05 Å². The molecule has 0 bridgehead atoms. The van der Waals surface area contributed by atoms with Crippen LogP contribution in [0.25, 0.3) is 11.3 Å². The van der Waals surface area contributed by atoms with Gasteiger partial charge < -0.3 is 25.0 Å². The Balaban J connectivity index is 1.65. The molecule has 2 aromatic rings. The van der Waals surface area contributed by atoms with Gasteiger partial charge in [0.05, 0.1) is 18.9 Å². The van der Waals surface area contributed by atoms with Crippen molar-refractivity contribution in [3.63, 3.8) is 0 Å². The first kappa shape index (κ1) is 21.2. The lowest BCUT2D eigenvalue weighted by Crippen LogP contribution is -2.49. The Morgan fingerprint density at radius 3 is 2.55 bits per heavy atom. The van der Waals surface area contributed by atoms with Gasteiger partial charge in [0, 0.05) is 69.5 Å². The highest BCUT2D eigenvalue weighted by Gasteiger charge is 2.36. The van der Waals surface area contributed by atoms with E-state index in [1.165, 1.54) is 0 Å². The zero-order chi connectivity index (χ0) is 22.0. The molecule has 1 aliphatic carbocycles. The number of ether oxygens (including phenoxy) is 2. The van der Waals surface area contributed by atoms with E-state index < -0.39 is 0 Å². The largest absolute Gasteiger partial charge is 0.474 e. The third-order valence-corrected chi connectivity index (χ3v) is 5.94. The van der Waals surface area contributed by atoms with E-state index in [4.69, 9.17) is 25.2 Å². The first-order valence-electron chi connectivity index (χ1n) is 10.7. The number of carbonyl (C=O) groups excluding carboxylic acids is 1. The Hall–Kier alpha value is -3.01. The second kappa shape index (κ2) is 9.01. The Morgan fingerprint density at radius 1 is 1.26 bits per heavy atom. The van der Waals surface area contributed by atoms with Crippen molar-refractivity contribution in [3.8, 4) is 17.1 Å². The predicted octanol–water partition coefficient (Wildman–Crippen LogP) is 1.30. The topological polar surface area (TPSA) is 120 Å². The van der Waals surface area contributed by atoms with Crippen molar-refractivity contribution < 1.29 is 14.3 Å². The number of amides is 1. The van der Waals surface area contributed by atoms with Crippen LogP contribution >= 0.6 is 0 Å². The molecule has 166 valence electrons. The Bertz CT molecular complexity index is 925. The molecule has 1 saturated carbocycles. The lowest BCUT2D eigenvalue weighted by molar-refractivity contribution is -0.133. The van der Waals surface area contributed by atoms with Crippen LogP contribution in [-0.2, 0) is 16.0 Å². The molecule has 0 radical (unpaired) electrons. The Kier molecular flexibility index (Phi) is 6.17. The van der Waals surface area contributed by atoms with E-state index in [1.54, 1.807) is 24.2 Å². The fraction of sp³-hybridized carbons (Fsp3) is 0.571. The van der Waals surface area contributed by atoms with Crippen molar-refractivity contribution in [1.29, 1.82) is 0 Å². The molecule has 0 unspecified atom stereocenters. The van der Waals surface area contributed by atoms with Crippen molar-refractivity contribution in [3.05, 3.63) is 18.0 Å². The van der Waals surface area contributed by atoms with E-state index in [2.05, 4.69) is 21.8 Å². The summed E-state index contributed by atoms with van der Waals surface area (Å²) in [4.78, 5) is 33.4. The number of aromatic nitrogens is 4.